The van der Waals surface area contributed by atoms with E-state index < -0.39 is 0 Å². The number of carbonyl (C=O) groups excluding carboxylic acids is 1. The lowest BCUT2D eigenvalue weighted by molar-refractivity contribution is -0.00342. The van der Waals surface area contributed by atoms with Crippen LogP contribution in [0.5, 0.6) is 5.75 Å². The highest BCUT2D eigenvalue weighted by atomic mass is 16.5. The Morgan fingerprint density at radius 1 is 1.11 bits per heavy atom. The second kappa shape index (κ2) is 8.48. The topological polar surface area (TPSA) is 94.6 Å². The van der Waals surface area contributed by atoms with Gasteiger partial charge in [0.05, 0.1) is 25.5 Å². The van der Waals surface area contributed by atoms with Gasteiger partial charge in [0.25, 0.3) is 5.91 Å². The number of nitrogens with one attached hydrogen (secondary N) is 1. The molecule has 3 aromatic heterocycles. The number of nitrogens with zero attached hydrogens (tertiary/aromatic N) is 4. The molecule has 1 atom stereocenters. The molecule has 0 aliphatic carbocycles. The first-order valence-electron chi connectivity index (χ1n) is 11.8. The number of methoxy groups -OCH3 is 1. The minimum absolute atomic E-state index is 0.0174. The van der Waals surface area contributed by atoms with Crippen LogP contribution in [0, 0.1) is 0 Å². The molecule has 6 rings (SSSR count). The van der Waals surface area contributed by atoms with Gasteiger partial charge in [0.15, 0.2) is 0 Å². The lowest BCUT2D eigenvalue weighted by Crippen LogP contribution is -2.67. The third-order valence-electron chi connectivity index (χ3n) is 7.27. The van der Waals surface area contributed by atoms with Gasteiger partial charge < -0.3 is 19.7 Å². The van der Waals surface area contributed by atoms with E-state index in [0.717, 1.165) is 28.0 Å². The van der Waals surface area contributed by atoms with Crippen molar-refractivity contribution in [2.45, 2.75) is 18.0 Å². The highest BCUT2D eigenvalue weighted by Crippen LogP contribution is 2.49. The van der Waals surface area contributed by atoms with Gasteiger partial charge >= 0.3 is 0 Å². The van der Waals surface area contributed by atoms with Crippen LogP contribution < -0.4 is 4.74 Å². The molecule has 0 saturated carbocycles. The van der Waals surface area contributed by atoms with Crippen molar-refractivity contribution in [3.8, 4) is 5.75 Å². The Balaban J connectivity index is 1.41. The van der Waals surface area contributed by atoms with Crippen LogP contribution in [0.25, 0.3) is 10.9 Å². The number of carbonyl (C=O) groups is 1. The number of pyridine rings is 2. The summed E-state index contributed by atoms with van der Waals surface area (Å²) in [5.41, 5.74) is 4.32. The number of amides is 1. The van der Waals surface area contributed by atoms with Crippen molar-refractivity contribution < 1.29 is 14.6 Å². The van der Waals surface area contributed by atoms with E-state index in [0.29, 0.717) is 31.9 Å². The molecule has 0 bridgehead atoms. The van der Waals surface area contributed by atoms with Gasteiger partial charge in [0.2, 0.25) is 0 Å². The Hall–Kier alpha value is -3.75. The lowest BCUT2D eigenvalue weighted by atomic mass is 9.68. The molecule has 8 nitrogen and oxygen atoms in total. The molecule has 2 aliphatic rings. The van der Waals surface area contributed by atoms with E-state index in [9.17, 15) is 9.90 Å². The molecular weight excluding hydrogens is 442 g/mol. The van der Waals surface area contributed by atoms with Crippen molar-refractivity contribution in [2.24, 2.45) is 0 Å². The van der Waals surface area contributed by atoms with E-state index >= 15 is 0 Å². The summed E-state index contributed by atoms with van der Waals surface area (Å²) in [5, 5.41) is 11.6. The third kappa shape index (κ3) is 3.57. The van der Waals surface area contributed by atoms with Gasteiger partial charge in [0.1, 0.15) is 11.4 Å². The van der Waals surface area contributed by atoms with Crippen LogP contribution in [-0.4, -0.2) is 69.1 Å². The quantitative estimate of drug-likeness (QED) is 0.467. The minimum atomic E-state index is -0.257. The zero-order valence-electron chi connectivity index (χ0n) is 19.5. The van der Waals surface area contributed by atoms with Crippen LogP contribution in [0.4, 0.5) is 0 Å². The van der Waals surface area contributed by atoms with E-state index in [1.54, 1.807) is 25.6 Å². The Morgan fingerprint density at radius 3 is 2.60 bits per heavy atom. The van der Waals surface area contributed by atoms with E-state index in [2.05, 4.69) is 25.9 Å². The first-order chi connectivity index (χ1) is 17.1. The predicted molar refractivity (Wildman–Crippen MR) is 131 cm³/mol. The first kappa shape index (κ1) is 21.8. The summed E-state index contributed by atoms with van der Waals surface area (Å²) in [6.07, 6.45) is 3.44. The molecule has 1 amide bonds. The molecule has 178 valence electrons. The van der Waals surface area contributed by atoms with Crippen molar-refractivity contribution in [1.29, 1.82) is 0 Å². The summed E-state index contributed by atoms with van der Waals surface area (Å²) in [4.78, 5) is 29.6. The van der Waals surface area contributed by atoms with E-state index in [1.807, 2.05) is 47.4 Å². The molecule has 5 heterocycles. The van der Waals surface area contributed by atoms with Crippen LogP contribution in [-0.2, 0) is 12.0 Å². The Labute approximate surface area is 203 Å². The number of benzene rings is 1. The van der Waals surface area contributed by atoms with Crippen LogP contribution in [0.1, 0.15) is 33.5 Å². The van der Waals surface area contributed by atoms with Crippen molar-refractivity contribution in [2.75, 3.05) is 33.4 Å². The molecule has 2 aliphatic heterocycles. The number of ether oxygens (including phenoxy) is 1. The summed E-state index contributed by atoms with van der Waals surface area (Å²) in [6.45, 7) is 2.49. The van der Waals surface area contributed by atoms with Gasteiger partial charge in [-0.05, 0) is 42.0 Å². The Kier molecular flexibility index (Phi) is 5.27. The van der Waals surface area contributed by atoms with Crippen LogP contribution >= 0.6 is 0 Å². The van der Waals surface area contributed by atoms with Gasteiger partial charge in [0, 0.05) is 66.7 Å². The SMILES string of the molecule is COc1ccc2c3c([nH]c2c1)[C@@H](CO)N(Cc1ccccn1)CC31CN(C(=O)c2ccccn2)C1. The second-order valence-electron chi connectivity index (χ2n) is 9.41. The number of aromatic nitrogens is 3. The number of H-pyrrole nitrogens is 1. The van der Waals surface area contributed by atoms with Gasteiger partial charge in [-0.1, -0.05) is 12.1 Å². The summed E-state index contributed by atoms with van der Waals surface area (Å²) in [7, 11) is 1.66. The molecule has 4 aromatic rings. The maximum absolute atomic E-state index is 13.1. The zero-order chi connectivity index (χ0) is 24.0. The fourth-order valence-electron chi connectivity index (χ4n) is 5.72. The highest BCUT2D eigenvalue weighted by molar-refractivity contribution is 5.94. The number of aliphatic hydroxyl groups is 1. The summed E-state index contributed by atoms with van der Waals surface area (Å²) in [6, 6.07) is 17.1. The van der Waals surface area contributed by atoms with E-state index in [4.69, 9.17) is 4.74 Å². The average Bonchev–Trinajstić information content (AvgIpc) is 3.26. The van der Waals surface area contributed by atoms with Crippen LogP contribution in [0.2, 0.25) is 0 Å². The molecule has 8 heteroatoms. The number of hydrogen-bond donors (Lipinski definition) is 2. The third-order valence-corrected chi connectivity index (χ3v) is 7.27. The maximum Gasteiger partial charge on any atom is 0.272 e. The van der Waals surface area contributed by atoms with Gasteiger partial charge in [-0.15, -0.1) is 0 Å². The number of likely N-dealkylation sites (tertiary alicyclic amines) is 1. The number of aliphatic hydroxyl groups excluding tert-OH is 1. The van der Waals surface area contributed by atoms with Crippen molar-refractivity contribution in [3.05, 3.63) is 89.6 Å². The lowest BCUT2D eigenvalue weighted by Gasteiger charge is -2.56. The number of hydrogen-bond acceptors (Lipinski definition) is 6. The summed E-state index contributed by atoms with van der Waals surface area (Å²) in [5.74, 6) is 0.719. The molecule has 0 unspecified atom stereocenters. The fraction of sp³-hybridized carbons (Fsp3) is 0.296. The van der Waals surface area contributed by atoms with E-state index in [1.165, 1.54) is 5.56 Å². The van der Waals surface area contributed by atoms with Crippen molar-refractivity contribution in [3.63, 3.8) is 0 Å². The van der Waals surface area contributed by atoms with Crippen LogP contribution in [0.15, 0.2) is 67.0 Å². The van der Waals surface area contributed by atoms with Gasteiger partial charge in [-0.2, -0.15) is 0 Å². The molecule has 1 saturated heterocycles. The maximum atomic E-state index is 13.1. The second-order valence-corrected chi connectivity index (χ2v) is 9.41. The zero-order valence-corrected chi connectivity index (χ0v) is 19.5. The standard InChI is InChI=1S/C27H27N5O3/c1-35-19-8-9-20-22(12-19)30-25-23(14-33)31(13-18-6-2-4-10-28-18)15-27(24(20)25)16-32(17-27)26(34)21-7-3-5-11-29-21/h2-12,23,30,33H,13-17H2,1H3/t23-/m1/s1. The Morgan fingerprint density at radius 2 is 1.91 bits per heavy atom. The Bertz CT molecular complexity index is 1370. The molecule has 1 aromatic carbocycles. The largest absolute Gasteiger partial charge is 0.497 e. The van der Waals surface area contributed by atoms with Gasteiger partial charge in [-0.3, -0.25) is 19.7 Å². The number of aromatic amines is 1. The van der Waals surface area contributed by atoms with Crippen LogP contribution in [0.3, 0.4) is 0 Å². The number of rotatable bonds is 5. The minimum Gasteiger partial charge on any atom is -0.497 e. The molecule has 1 fully saturated rings. The molecular formula is C27H27N5O3. The molecule has 35 heavy (non-hydrogen) atoms. The normalized spacial score (nSPS) is 18.9. The predicted octanol–water partition coefficient (Wildman–Crippen LogP) is 2.91. The summed E-state index contributed by atoms with van der Waals surface area (Å²) < 4.78 is 5.45. The summed E-state index contributed by atoms with van der Waals surface area (Å²) >= 11 is 0. The van der Waals surface area contributed by atoms with Crippen molar-refractivity contribution >= 4 is 16.8 Å². The first-order valence-corrected chi connectivity index (χ1v) is 11.8. The highest BCUT2D eigenvalue weighted by Gasteiger charge is 2.54. The fourth-order valence-corrected chi connectivity index (χ4v) is 5.72. The van der Waals surface area contributed by atoms with Gasteiger partial charge in [-0.25, -0.2) is 0 Å². The molecule has 1 spiro atoms. The smallest absolute Gasteiger partial charge is 0.272 e. The average molecular weight is 470 g/mol. The molecule has 0 radical (unpaired) electrons. The molecule has 2 N–H and O–H groups in total. The van der Waals surface area contributed by atoms with E-state index in [-0.39, 0.29) is 24.0 Å². The number of fused-ring (bicyclic) bond motifs is 4. The monoisotopic (exact) mass is 469 g/mol. The van der Waals surface area contributed by atoms with Crippen molar-refractivity contribution in [1.82, 2.24) is 24.8 Å².